The van der Waals surface area contributed by atoms with E-state index in [2.05, 4.69) is 34.4 Å². The van der Waals surface area contributed by atoms with Gasteiger partial charge in [0, 0.05) is 12.6 Å². The Hall–Kier alpha value is -1.58. The first-order valence-electron chi connectivity index (χ1n) is 7.06. The van der Waals surface area contributed by atoms with Gasteiger partial charge in [0.2, 0.25) is 5.88 Å². The summed E-state index contributed by atoms with van der Waals surface area (Å²) in [7, 11) is 0. The Labute approximate surface area is 115 Å². The van der Waals surface area contributed by atoms with Crippen LogP contribution in [0.4, 0.5) is 5.82 Å². The van der Waals surface area contributed by atoms with E-state index in [0.29, 0.717) is 17.7 Å². The number of aromatic nitrogens is 2. The van der Waals surface area contributed by atoms with Crippen LogP contribution in [0.25, 0.3) is 0 Å². The number of aryl methyl sites for hydroxylation is 1. The van der Waals surface area contributed by atoms with Gasteiger partial charge in [0.25, 0.3) is 0 Å². The first-order valence-corrected chi connectivity index (χ1v) is 7.06. The summed E-state index contributed by atoms with van der Waals surface area (Å²) in [4.78, 5) is 8.65. The maximum atomic E-state index is 5.86. The third-order valence-electron chi connectivity index (χ3n) is 3.54. The molecule has 0 aliphatic heterocycles. The number of nitrogens with zero attached hydrogens (tertiary/aromatic N) is 2. The number of rotatable bonds is 5. The fourth-order valence-corrected chi connectivity index (χ4v) is 2.32. The van der Waals surface area contributed by atoms with Crippen LogP contribution in [0.3, 0.4) is 0 Å². The second-order valence-electron chi connectivity index (χ2n) is 5.16. The van der Waals surface area contributed by atoms with Gasteiger partial charge < -0.3 is 10.1 Å². The van der Waals surface area contributed by atoms with Crippen molar-refractivity contribution in [3.05, 3.63) is 24.0 Å². The molecule has 19 heavy (non-hydrogen) atoms. The minimum Gasteiger partial charge on any atom is -0.477 e. The molecule has 2 rings (SSSR count). The maximum absolute atomic E-state index is 5.86. The maximum Gasteiger partial charge on any atom is 0.218 e. The average Bonchev–Trinajstić information content (AvgIpc) is 2.37. The van der Waals surface area contributed by atoms with Gasteiger partial charge in [0.05, 0.1) is 6.61 Å². The Morgan fingerprint density at radius 2 is 2.11 bits per heavy atom. The molecule has 0 fully saturated rings. The molecule has 0 radical (unpaired) electrons. The lowest BCUT2D eigenvalue weighted by molar-refractivity contribution is 0.192. The van der Waals surface area contributed by atoms with E-state index < -0.39 is 0 Å². The molecule has 0 saturated carbocycles. The van der Waals surface area contributed by atoms with Crippen molar-refractivity contribution in [3.63, 3.8) is 0 Å². The Morgan fingerprint density at radius 3 is 2.84 bits per heavy atom. The monoisotopic (exact) mass is 261 g/mol. The van der Waals surface area contributed by atoms with E-state index in [-0.39, 0.29) is 0 Å². The normalized spacial score (nSPS) is 22.3. The molecule has 1 aliphatic carbocycles. The summed E-state index contributed by atoms with van der Waals surface area (Å²) in [6, 6.07) is 1.87. The summed E-state index contributed by atoms with van der Waals surface area (Å²) >= 11 is 0. The molecule has 4 nitrogen and oxygen atoms in total. The van der Waals surface area contributed by atoms with E-state index in [0.717, 1.165) is 37.6 Å². The Morgan fingerprint density at radius 1 is 1.32 bits per heavy atom. The van der Waals surface area contributed by atoms with Crippen molar-refractivity contribution >= 4 is 5.82 Å². The highest BCUT2D eigenvalue weighted by Gasteiger charge is 2.19. The fourth-order valence-electron chi connectivity index (χ4n) is 2.32. The highest BCUT2D eigenvalue weighted by Crippen LogP contribution is 2.25. The first-order chi connectivity index (χ1) is 9.19. The molecular formula is C15H23N3O. The van der Waals surface area contributed by atoms with Crippen LogP contribution in [-0.2, 0) is 0 Å². The Bertz CT molecular complexity index is 445. The summed E-state index contributed by atoms with van der Waals surface area (Å²) in [5.41, 5.74) is 0. The second-order valence-corrected chi connectivity index (χ2v) is 5.16. The van der Waals surface area contributed by atoms with Crippen molar-refractivity contribution in [2.75, 3.05) is 18.5 Å². The summed E-state index contributed by atoms with van der Waals surface area (Å²) < 4.78 is 5.86. The second kappa shape index (κ2) is 6.55. The molecule has 0 aromatic carbocycles. The van der Waals surface area contributed by atoms with E-state index in [1.165, 1.54) is 0 Å². The zero-order valence-electron chi connectivity index (χ0n) is 12.0. The zero-order chi connectivity index (χ0) is 13.7. The highest BCUT2D eigenvalue weighted by molar-refractivity contribution is 5.38. The van der Waals surface area contributed by atoms with E-state index in [1.807, 2.05) is 19.9 Å². The number of anilines is 1. The third-order valence-corrected chi connectivity index (χ3v) is 3.54. The van der Waals surface area contributed by atoms with Crippen molar-refractivity contribution < 1.29 is 4.74 Å². The Balaban J connectivity index is 1.96. The van der Waals surface area contributed by atoms with Crippen LogP contribution < -0.4 is 10.1 Å². The van der Waals surface area contributed by atoms with Crippen LogP contribution in [0.1, 0.15) is 32.5 Å². The van der Waals surface area contributed by atoms with Gasteiger partial charge in [-0.2, -0.15) is 4.98 Å². The Kier molecular flexibility index (Phi) is 4.77. The summed E-state index contributed by atoms with van der Waals surface area (Å²) in [5.74, 6) is 3.51. The van der Waals surface area contributed by atoms with E-state index in [4.69, 9.17) is 4.74 Å². The zero-order valence-corrected chi connectivity index (χ0v) is 12.0. The SMILES string of the molecule is CCNc1cc(OCC2CC=CCC2C)nc(C)n1. The molecule has 1 N–H and O–H groups in total. The van der Waals surface area contributed by atoms with Crippen LogP contribution >= 0.6 is 0 Å². The molecule has 1 aliphatic rings. The summed E-state index contributed by atoms with van der Waals surface area (Å²) in [6.45, 7) is 7.80. The van der Waals surface area contributed by atoms with Gasteiger partial charge in [-0.05, 0) is 38.5 Å². The number of hydrogen-bond donors (Lipinski definition) is 1. The number of allylic oxidation sites excluding steroid dienone is 2. The minimum atomic E-state index is 0.586. The number of hydrogen-bond acceptors (Lipinski definition) is 4. The van der Waals surface area contributed by atoms with Crippen LogP contribution in [0.2, 0.25) is 0 Å². The van der Waals surface area contributed by atoms with Gasteiger partial charge >= 0.3 is 0 Å². The topological polar surface area (TPSA) is 47.0 Å². The van der Waals surface area contributed by atoms with Crippen LogP contribution in [-0.4, -0.2) is 23.1 Å². The minimum absolute atomic E-state index is 0.586. The van der Waals surface area contributed by atoms with Crippen molar-refractivity contribution in [1.29, 1.82) is 0 Å². The number of nitrogens with one attached hydrogen (secondary N) is 1. The average molecular weight is 261 g/mol. The smallest absolute Gasteiger partial charge is 0.218 e. The first kappa shape index (κ1) is 13.8. The molecule has 0 spiro atoms. The summed E-state index contributed by atoms with van der Waals surface area (Å²) in [6.07, 6.45) is 6.77. The van der Waals surface area contributed by atoms with Gasteiger partial charge in [0.1, 0.15) is 11.6 Å². The lowest BCUT2D eigenvalue weighted by Gasteiger charge is -2.24. The molecule has 0 bridgehead atoms. The largest absolute Gasteiger partial charge is 0.477 e. The van der Waals surface area contributed by atoms with Crippen LogP contribution in [0.15, 0.2) is 18.2 Å². The fraction of sp³-hybridized carbons (Fsp3) is 0.600. The van der Waals surface area contributed by atoms with Crippen molar-refractivity contribution in [1.82, 2.24) is 9.97 Å². The van der Waals surface area contributed by atoms with Gasteiger partial charge in [0.15, 0.2) is 0 Å². The van der Waals surface area contributed by atoms with E-state index in [1.54, 1.807) is 0 Å². The predicted octanol–water partition coefficient (Wildman–Crippen LogP) is 3.20. The number of ether oxygens (including phenoxy) is 1. The van der Waals surface area contributed by atoms with Crippen molar-refractivity contribution in [3.8, 4) is 5.88 Å². The lowest BCUT2D eigenvalue weighted by Crippen LogP contribution is -2.21. The summed E-state index contributed by atoms with van der Waals surface area (Å²) in [5, 5.41) is 3.19. The van der Waals surface area contributed by atoms with E-state index in [9.17, 15) is 0 Å². The highest BCUT2D eigenvalue weighted by atomic mass is 16.5. The van der Waals surface area contributed by atoms with Gasteiger partial charge in [-0.25, -0.2) is 4.98 Å². The molecule has 1 heterocycles. The van der Waals surface area contributed by atoms with E-state index >= 15 is 0 Å². The molecule has 104 valence electrons. The molecule has 4 heteroatoms. The van der Waals surface area contributed by atoms with Gasteiger partial charge in [-0.3, -0.25) is 0 Å². The molecule has 2 unspecified atom stereocenters. The quantitative estimate of drug-likeness (QED) is 0.827. The molecule has 1 aromatic rings. The molecule has 0 amide bonds. The molecule has 2 atom stereocenters. The molecule has 0 saturated heterocycles. The molecular weight excluding hydrogens is 238 g/mol. The van der Waals surface area contributed by atoms with Crippen molar-refractivity contribution in [2.24, 2.45) is 11.8 Å². The van der Waals surface area contributed by atoms with Crippen molar-refractivity contribution in [2.45, 2.75) is 33.6 Å². The van der Waals surface area contributed by atoms with Crippen LogP contribution in [0, 0.1) is 18.8 Å². The third kappa shape index (κ3) is 3.94. The predicted molar refractivity (Wildman–Crippen MR) is 77.5 cm³/mol. The van der Waals surface area contributed by atoms with Gasteiger partial charge in [-0.15, -0.1) is 0 Å². The van der Waals surface area contributed by atoms with Gasteiger partial charge in [-0.1, -0.05) is 19.1 Å². The molecule has 1 aromatic heterocycles. The standard InChI is InChI=1S/C15H23N3O/c1-4-16-14-9-15(18-12(3)17-14)19-10-13-8-6-5-7-11(13)2/h5-6,9,11,13H,4,7-8,10H2,1-3H3,(H,16,17,18). The lowest BCUT2D eigenvalue weighted by atomic mass is 9.85. The van der Waals surface area contributed by atoms with Crippen LogP contribution in [0.5, 0.6) is 5.88 Å².